The van der Waals surface area contributed by atoms with Crippen LogP contribution >= 0.6 is 11.8 Å². The molecule has 0 atom stereocenters. The van der Waals surface area contributed by atoms with Crippen molar-refractivity contribution in [2.24, 2.45) is 0 Å². The number of fused-ring (bicyclic) bond motifs is 1. The second-order valence-corrected chi connectivity index (χ2v) is 6.57. The average molecular weight is 364 g/mol. The molecule has 0 fully saturated rings. The topological polar surface area (TPSA) is 61.4 Å². The van der Waals surface area contributed by atoms with E-state index in [-0.39, 0.29) is 5.56 Å². The van der Waals surface area contributed by atoms with E-state index in [2.05, 4.69) is 22.3 Å². The highest BCUT2D eigenvalue weighted by atomic mass is 32.2. The SMILES string of the molecule is COc1cccc(-n2ccn3c(SCc4ccccc4)nnc3c2=O)c1. The molecule has 0 spiro atoms. The van der Waals surface area contributed by atoms with Gasteiger partial charge in [0.2, 0.25) is 5.65 Å². The average Bonchev–Trinajstić information content (AvgIpc) is 3.11. The van der Waals surface area contributed by atoms with Crippen molar-refractivity contribution in [3.05, 3.63) is 82.9 Å². The van der Waals surface area contributed by atoms with Gasteiger partial charge in [0.1, 0.15) is 5.75 Å². The lowest BCUT2D eigenvalue weighted by molar-refractivity contribution is 0.414. The van der Waals surface area contributed by atoms with E-state index in [0.29, 0.717) is 16.6 Å². The molecule has 7 heteroatoms. The number of thioether (sulfide) groups is 1. The predicted molar refractivity (Wildman–Crippen MR) is 101 cm³/mol. The normalized spacial score (nSPS) is 11.0. The van der Waals surface area contributed by atoms with Gasteiger partial charge in [-0.1, -0.05) is 48.2 Å². The Kier molecular flexibility index (Phi) is 4.45. The van der Waals surface area contributed by atoms with Crippen molar-refractivity contribution in [2.45, 2.75) is 10.9 Å². The molecule has 0 N–H and O–H groups in total. The zero-order chi connectivity index (χ0) is 17.9. The summed E-state index contributed by atoms with van der Waals surface area (Å²) in [4.78, 5) is 12.8. The Morgan fingerprint density at radius 2 is 1.88 bits per heavy atom. The third-order valence-electron chi connectivity index (χ3n) is 3.98. The fraction of sp³-hybridized carbons (Fsp3) is 0.105. The molecule has 2 aromatic carbocycles. The molecule has 2 aromatic heterocycles. The van der Waals surface area contributed by atoms with E-state index in [1.807, 2.05) is 42.6 Å². The van der Waals surface area contributed by atoms with Crippen LogP contribution in [0.15, 0.2) is 76.9 Å². The molecule has 4 rings (SSSR count). The molecule has 0 aliphatic rings. The van der Waals surface area contributed by atoms with E-state index in [1.54, 1.807) is 35.5 Å². The highest BCUT2D eigenvalue weighted by Gasteiger charge is 2.12. The maximum absolute atomic E-state index is 12.8. The minimum Gasteiger partial charge on any atom is -0.497 e. The lowest BCUT2D eigenvalue weighted by Gasteiger charge is -2.08. The smallest absolute Gasteiger partial charge is 0.300 e. The van der Waals surface area contributed by atoms with Gasteiger partial charge in [-0.25, -0.2) is 0 Å². The van der Waals surface area contributed by atoms with Crippen molar-refractivity contribution >= 4 is 17.4 Å². The van der Waals surface area contributed by atoms with Gasteiger partial charge in [0.15, 0.2) is 5.16 Å². The third-order valence-corrected chi connectivity index (χ3v) is 5.00. The first kappa shape index (κ1) is 16.4. The summed E-state index contributed by atoms with van der Waals surface area (Å²) < 4.78 is 8.50. The second kappa shape index (κ2) is 7.05. The highest BCUT2D eigenvalue weighted by Crippen LogP contribution is 2.21. The van der Waals surface area contributed by atoms with Crippen molar-refractivity contribution in [1.82, 2.24) is 19.2 Å². The van der Waals surface area contributed by atoms with Crippen LogP contribution in [0, 0.1) is 0 Å². The van der Waals surface area contributed by atoms with Crippen LogP contribution < -0.4 is 10.3 Å². The van der Waals surface area contributed by atoms with Crippen LogP contribution in [0.1, 0.15) is 5.56 Å². The molecule has 0 saturated carbocycles. The Morgan fingerprint density at radius 1 is 1.04 bits per heavy atom. The minimum atomic E-state index is -0.222. The monoisotopic (exact) mass is 364 g/mol. The third kappa shape index (κ3) is 3.09. The van der Waals surface area contributed by atoms with Crippen LogP contribution in [0.4, 0.5) is 0 Å². The van der Waals surface area contributed by atoms with Gasteiger partial charge in [0, 0.05) is 24.2 Å². The number of rotatable bonds is 5. The summed E-state index contributed by atoms with van der Waals surface area (Å²) in [6.45, 7) is 0. The van der Waals surface area contributed by atoms with E-state index in [4.69, 9.17) is 4.74 Å². The van der Waals surface area contributed by atoms with Gasteiger partial charge in [0.05, 0.1) is 12.8 Å². The van der Waals surface area contributed by atoms with Crippen molar-refractivity contribution in [2.75, 3.05) is 7.11 Å². The largest absolute Gasteiger partial charge is 0.497 e. The van der Waals surface area contributed by atoms with Gasteiger partial charge in [-0.15, -0.1) is 10.2 Å². The number of nitrogens with zero attached hydrogens (tertiary/aromatic N) is 4. The zero-order valence-corrected chi connectivity index (χ0v) is 14.9. The van der Waals surface area contributed by atoms with E-state index in [9.17, 15) is 4.79 Å². The number of hydrogen-bond donors (Lipinski definition) is 0. The summed E-state index contributed by atoms with van der Waals surface area (Å²) in [5.41, 5.74) is 1.99. The van der Waals surface area contributed by atoms with E-state index >= 15 is 0 Å². The standard InChI is InChI=1S/C19H16N4O2S/c1-25-16-9-5-8-15(12-16)22-10-11-23-17(18(22)24)20-21-19(23)26-13-14-6-3-2-4-7-14/h2-12H,13H2,1H3. The van der Waals surface area contributed by atoms with Crippen LogP contribution in [0.2, 0.25) is 0 Å². The molecular formula is C19H16N4O2S. The molecule has 130 valence electrons. The molecule has 4 aromatic rings. The van der Waals surface area contributed by atoms with Crippen molar-refractivity contribution in [3.8, 4) is 11.4 Å². The molecule has 0 aliphatic carbocycles. The van der Waals surface area contributed by atoms with Gasteiger partial charge in [-0.05, 0) is 17.7 Å². The van der Waals surface area contributed by atoms with E-state index in [1.165, 1.54) is 10.1 Å². The lowest BCUT2D eigenvalue weighted by Crippen LogP contribution is -2.20. The lowest BCUT2D eigenvalue weighted by atomic mass is 10.2. The van der Waals surface area contributed by atoms with E-state index < -0.39 is 0 Å². The van der Waals surface area contributed by atoms with Crippen LogP contribution in [-0.2, 0) is 5.75 Å². The first-order valence-electron chi connectivity index (χ1n) is 8.04. The van der Waals surface area contributed by atoms with Crippen LogP contribution in [0.3, 0.4) is 0 Å². The number of aromatic nitrogens is 4. The fourth-order valence-electron chi connectivity index (χ4n) is 2.65. The Balaban J connectivity index is 1.68. The fourth-order valence-corrected chi connectivity index (χ4v) is 3.52. The maximum atomic E-state index is 12.8. The molecule has 0 saturated heterocycles. The molecule has 0 bridgehead atoms. The Morgan fingerprint density at radius 3 is 2.69 bits per heavy atom. The van der Waals surface area contributed by atoms with Gasteiger partial charge < -0.3 is 4.74 Å². The van der Waals surface area contributed by atoms with Crippen molar-refractivity contribution < 1.29 is 4.74 Å². The molecule has 0 radical (unpaired) electrons. The molecule has 2 heterocycles. The Labute approximate surface area is 154 Å². The minimum absolute atomic E-state index is 0.222. The van der Waals surface area contributed by atoms with Gasteiger partial charge in [0.25, 0.3) is 0 Å². The Bertz CT molecular complexity index is 1110. The van der Waals surface area contributed by atoms with Gasteiger partial charge >= 0.3 is 5.56 Å². The first-order chi connectivity index (χ1) is 12.8. The Hall–Kier alpha value is -3.06. The number of benzene rings is 2. The summed E-state index contributed by atoms with van der Waals surface area (Å²) in [7, 11) is 1.60. The molecule has 6 nitrogen and oxygen atoms in total. The number of ether oxygens (including phenoxy) is 1. The quantitative estimate of drug-likeness (QED) is 0.509. The first-order valence-corrected chi connectivity index (χ1v) is 9.02. The summed E-state index contributed by atoms with van der Waals surface area (Å²) in [5, 5.41) is 8.96. The summed E-state index contributed by atoms with van der Waals surface area (Å²) in [6.07, 6.45) is 3.53. The van der Waals surface area contributed by atoms with Crippen LogP contribution in [-0.4, -0.2) is 26.3 Å². The summed E-state index contributed by atoms with van der Waals surface area (Å²) >= 11 is 1.55. The van der Waals surface area contributed by atoms with Crippen molar-refractivity contribution in [3.63, 3.8) is 0 Å². The van der Waals surface area contributed by atoms with Crippen molar-refractivity contribution in [1.29, 1.82) is 0 Å². The van der Waals surface area contributed by atoms with Crippen LogP contribution in [0.5, 0.6) is 5.75 Å². The molecule has 0 unspecified atom stereocenters. The predicted octanol–water partition coefficient (Wildman–Crippen LogP) is 3.18. The van der Waals surface area contributed by atoms with Crippen LogP contribution in [0.25, 0.3) is 11.3 Å². The number of methoxy groups -OCH3 is 1. The zero-order valence-electron chi connectivity index (χ0n) is 14.1. The molecular weight excluding hydrogens is 348 g/mol. The van der Waals surface area contributed by atoms with Gasteiger partial charge in [-0.2, -0.15) is 0 Å². The molecule has 0 amide bonds. The summed E-state index contributed by atoms with van der Waals surface area (Å²) in [5.74, 6) is 1.45. The maximum Gasteiger partial charge on any atom is 0.300 e. The summed E-state index contributed by atoms with van der Waals surface area (Å²) in [6, 6.07) is 17.5. The van der Waals surface area contributed by atoms with E-state index in [0.717, 1.165) is 11.4 Å². The second-order valence-electron chi connectivity index (χ2n) is 5.63. The molecule has 0 aliphatic heterocycles. The van der Waals surface area contributed by atoms with Gasteiger partial charge in [-0.3, -0.25) is 13.8 Å². The highest BCUT2D eigenvalue weighted by molar-refractivity contribution is 7.98. The number of hydrogen-bond acceptors (Lipinski definition) is 5. The molecule has 26 heavy (non-hydrogen) atoms.